The van der Waals surface area contributed by atoms with Gasteiger partial charge in [-0.05, 0) is 45.0 Å². The molecule has 23 heavy (non-hydrogen) atoms. The summed E-state index contributed by atoms with van der Waals surface area (Å²) >= 11 is 6.21. The summed E-state index contributed by atoms with van der Waals surface area (Å²) < 4.78 is 1.71. The fraction of sp³-hybridized carbons (Fsp3) is 0.412. The molecule has 0 spiro atoms. The second kappa shape index (κ2) is 6.72. The number of aromatic nitrogens is 2. The van der Waals surface area contributed by atoms with Crippen molar-refractivity contribution in [3.8, 4) is 5.69 Å². The number of nitrogens with one attached hydrogen (secondary N) is 1. The molecule has 1 aliphatic rings. The van der Waals surface area contributed by atoms with Gasteiger partial charge < -0.3 is 10.2 Å². The number of amides is 1. The van der Waals surface area contributed by atoms with Crippen molar-refractivity contribution in [2.75, 3.05) is 26.7 Å². The molecular formula is C17H21ClN4O. The van der Waals surface area contributed by atoms with E-state index < -0.39 is 0 Å². The van der Waals surface area contributed by atoms with Crippen LogP contribution in [0.3, 0.4) is 0 Å². The molecule has 1 aromatic heterocycles. The largest absolute Gasteiger partial charge is 0.352 e. The van der Waals surface area contributed by atoms with Crippen molar-refractivity contribution < 1.29 is 4.79 Å². The average molecular weight is 333 g/mol. The molecule has 6 heteroatoms. The molecule has 3 rings (SSSR count). The highest BCUT2D eigenvalue weighted by molar-refractivity contribution is 6.32. The van der Waals surface area contributed by atoms with E-state index in [1.165, 1.54) is 0 Å². The molecule has 1 unspecified atom stereocenters. The molecule has 1 aliphatic heterocycles. The minimum Gasteiger partial charge on any atom is -0.352 e. The van der Waals surface area contributed by atoms with Crippen molar-refractivity contribution in [2.45, 2.75) is 13.3 Å². The number of para-hydroxylation sites is 1. The lowest BCUT2D eigenvalue weighted by Gasteiger charge is -2.12. The Balaban J connectivity index is 1.71. The van der Waals surface area contributed by atoms with Crippen molar-refractivity contribution in [1.82, 2.24) is 20.0 Å². The van der Waals surface area contributed by atoms with Gasteiger partial charge in [0.2, 0.25) is 0 Å². The first-order chi connectivity index (χ1) is 11.1. The van der Waals surface area contributed by atoms with E-state index in [9.17, 15) is 4.79 Å². The van der Waals surface area contributed by atoms with E-state index in [1.54, 1.807) is 10.9 Å². The third-order valence-corrected chi connectivity index (χ3v) is 4.69. The Kier molecular flexibility index (Phi) is 4.68. The smallest absolute Gasteiger partial charge is 0.254 e. The maximum atomic E-state index is 12.4. The van der Waals surface area contributed by atoms with Gasteiger partial charge in [0.1, 0.15) is 0 Å². The molecule has 122 valence electrons. The number of carbonyl (C=O) groups excluding carboxylic acids is 1. The van der Waals surface area contributed by atoms with Gasteiger partial charge in [-0.2, -0.15) is 5.10 Å². The number of carbonyl (C=O) groups is 1. The minimum atomic E-state index is -0.0737. The van der Waals surface area contributed by atoms with Crippen LogP contribution >= 0.6 is 11.6 Å². The van der Waals surface area contributed by atoms with E-state index in [2.05, 4.69) is 22.4 Å². The Labute approximate surface area is 141 Å². The monoisotopic (exact) mass is 332 g/mol. The van der Waals surface area contributed by atoms with Crippen molar-refractivity contribution in [3.63, 3.8) is 0 Å². The molecule has 0 bridgehead atoms. The standard InChI is InChI=1S/C17H21ClN4O/c1-12-14(17(23)19-9-13-7-8-21(2)11-13)10-20-22(12)16-6-4-3-5-15(16)18/h3-6,10,13H,7-9,11H2,1-2H3,(H,19,23). The van der Waals surface area contributed by atoms with Crippen LogP contribution in [0.25, 0.3) is 5.69 Å². The minimum absolute atomic E-state index is 0.0737. The lowest BCUT2D eigenvalue weighted by Crippen LogP contribution is -2.30. The summed E-state index contributed by atoms with van der Waals surface area (Å²) in [6, 6.07) is 7.47. The van der Waals surface area contributed by atoms with E-state index in [0.717, 1.165) is 30.9 Å². The van der Waals surface area contributed by atoms with Crippen LogP contribution in [0.4, 0.5) is 0 Å². The highest BCUT2D eigenvalue weighted by Gasteiger charge is 2.21. The molecule has 5 nitrogen and oxygen atoms in total. The van der Waals surface area contributed by atoms with Crippen LogP contribution in [-0.2, 0) is 0 Å². The zero-order valence-corrected chi connectivity index (χ0v) is 14.2. The van der Waals surface area contributed by atoms with Crippen LogP contribution in [0.2, 0.25) is 5.02 Å². The Morgan fingerprint density at radius 3 is 2.91 bits per heavy atom. The third kappa shape index (κ3) is 3.41. The second-order valence-corrected chi connectivity index (χ2v) is 6.54. The molecule has 2 aromatic rings. The number of benzene rings is 1. The van der Waals surface area contributed by atoms with Gasteiger partial charge in [-0.3, -0.25) is 4.79 Å². The summed E-state index contributed by atoms with van der Waals surface area (Å²) in [4.78, 5) is 14.7. The van der Waals surface area contributed by atoms with Gasteiger partial charge in [-0.15, -0.1) is 0 Å². The quantitative estimate of drug-likeness (QED) is 0.936. The molecule has 1 fully saturated rings. The van der Waals surface area contributed by atoms with Crippen molar-refractivity contribution >= 4 is 17.5 Å². The van der Waals surface area contributed by atoms with E-state index in [4.69, 9.17) is 11.6 Å². The molecule has 1 aromatic carbocycles. The van der Waals surface area contributed by atoms with Gasteiger partial charge in [0.25, 0.3) is 5.91 Å². The molecule has 1 atom stereocenters. The third-order valence-electron chi connectivity index (χ3n) is 4.38. The summed E-state index contributed by atoms with van der Waals surface area (Å²) in [6.07, 6.45) is 2.74. The maximum absolute atomic E-state index is 12.4. The average Bonchev–Trinajstić information content (AvgIpc) is 3.12. The fourth-order valence-electron chi connectivity index (χ4n) is 3.02. The van der Waals surface area contributed by atoms with E-state index in [1.807, 2.05) is 31.2 Å². The van der Waals surface area contributed by atoms with Gasteiger partial charge >= 0.3 is 0 Å². The molecule has 0 aliphatic carbocycles. The van der Waals surface area contributed by atoms with Crippen LogP contribution in [0.1, 0.15) is 22.5 Å². The molecule has 1 amide bonds. The molecular weight excluding hydrogens is 312 g/mol. The number of halogens is 1. The van der Waals surface area contributed by atoms with Gasteiger partial charge in [0, 0.05) is 13.1 Å². The number of rotatable bonds is 4. The van der Waals surface area contributed by atoms with Crippen LogP contribution in [-0.4, -0.2) is 47.3 Å². The lowest BCUT2D eigenvalue weighted by molar-refractivity contribution is 0.0947. The number of likely N-dealkylation sites (tertiary alicyclic amines) is 1. The highest BCUT2D eigenvalue weighted by atomic mass is 35.5. The van der Waals surface area contributed by atoms with Crippen molar-refractivity contribution in [1.29, 1.82) is 0 Å². The summed E-state index contributed by atoms with van der Waals surface area (Å²) in [7, 11) is 2.11. The first kappa shape index (κ1) is 16.0. The van der Waals surface area contributed by atoms with Crippen LogP contribution in [0, 0.1) is 12.8 Å². The molecule has 1 saturated heterocycles. The number of nitrogens with zero attached hydrogens (tertiary/aromatic N) is 3. The Hall–Kier alpha value is -1.85. The van der Waals surface area contributed by atoms with Crippen LogP contribution in [0.15, 0.2) is 30.5 Å². The lowest BCUT2D eigenvalue weighted by atomic mass is 10.1. The maximum Gasteiger partial charge on any atom is 0.254 e. The van der Waals surface area contributed by atoms with E-state index in [0.29, 0.717) is 23.0 Å². The first-order valence-corrected chi connectivity index (χ1v) is 8.20. The first-order valence-electron chi connectivity index (χ1n) is 7.82. The van der Waals surface area contributed by atoms with E-state index >= 15 is 0 Å². The summed E-state index contributed by atoms with van der Waals surface area (Å²) in [5.41, 5.74) is 2.17. The SMILES string of the molecule is Cc1c(C(=O)NCC2CCN(C)C2)cnn1-c1ccccc1Cl. The van der Waals surface area contributed by atoms with Gasteiger partial charge in [-0.1, -0.05) is 23.7 Å². The summed E-state index contributed by atoms with van der Waals surface area (Å²) in [5, 5.41) is 7.96. The molecule has 2 heterocycles. The zero-order chi connectivity index (χ0) is 16.4. The Morgan fingerprint density at radius 2 is 2.22 bits per heavy atom. The van der Waals surface area contributed by atoms with Gasteiger partial charge in [-0.25, -0.2) is 4.68 Å². The van der Waals surface area contributed by atoms with E-state index in [-0.39, 0.29) is 5.91 Å². The second-order valence-electron chi connectivity index (χ2n) is 6.13. The molecule has 0 saturated carbocycles. The molecule has 0 radical (unpaired) electrons. The Bertz CT molecular complexity index is 712. The Morgan fingerprint density at radius 1 is 1.43 bits per heavy atom. The summed E-state index contributed by atoms with van der Waals surface area (Å²) in [6.45, 7) is 4.73. The predicted octanol–water partition coefficient (Wildman–Crippen LogP) is 2.52. The van der Waals surface area contributed by atoms with Crippen molar-refractivity contribution in [3.05, 3.63) is 46.7 Å². The van der Waals surface area contributed by atoms with Crippen LogP contribution in [0.5, 0.6) is 0 Å². The predicted molar refractivity (Wildman–Crippen MR) is 91.2 cm³/mol. The number of hydrogen-bond acceptors (Lipinski definition) is 3. The summed E-state index contributed by atoms with van der Waals surface area (Å²) in [5.74, 6) is 0.457. The highest BCUT2D eigenvalue weighted by Crippen LogP contribution is 2.22. The normalized spacial score (nSPS) is 18.3. The number of hydrogen-bond donors (Lipinski definition) is 1. The van der Waals surface area contributed by atoms with Gasteiger partial charge in [0.15, 0.2) is 0 Å². The molecule has 1 N–H and O–H groups in total. The van der Waals surface area contributed by atoms with Gasteiger partial charge in [0.05, 0.1) is 28.2 Å². The zero-order valence-electron chi connectivity index (χ0n) is 13.4. The van der Waals surface area contributed by atoms with Crippen LogP contribution < -0.4 is 5.32 Å². The van der Waals surface area contributed by atoms with Crippen molar-refractivity contribution in [2.24, 2.45) is 5.92 Å². The fourth-order valence-corrected chi connectivity index (χ4v) is 3.24. The topological polar surface area (TPSA) is 50.2 Å².